The first-order valence-electron chi connectivity index (χ1n) is 9.63. The van der Waals surface area contributed by atoms with Crippen LogP contribution >= 0.6 is 0 Å². The molecule has 8 nitrogen and oxygen atoms in total. The normalized spacial score (nSPS) is 16.0. The van der Waals surface area contributed by atoms with Gasteiger partial charge in [0.2, 0.25) is 15.9 Å². The molecule has 1 N–H and O–H groups in total. The molecule has 0 saturated carbocycles. The Morgan fingerprint density at radius 3 is 2.43 bits per heavy atom. The smallest absolute Gasteiger partial charge is 0.246 e. The van der Waals surface area contributed by atoms with Crippen LogP contribution in [-0.2, 0) is 14.8 Å². The fourth-order valence-corrected chi connectivity index (χ4v) is 4.71. The third-order valence-corrected chi connectivity index (χ3v) is 6.71. The summed E-state index contributed by atoms with van der Waals surface area (Å²) in [6.45, 7) is 4.77. The third-order valence-electron chi connectivity index (χ3n) is 4.79. The molecule has 0 aliphatic carbocycles. The van der Waals surface area contributed by atoms with Gasteiger partial charge >= 0.3 is 0 Å². The van der Waals surface area contributed by atoms with Crippen LogP contribution in [0.3, 0.4) is 0 Å². The Bertz CT molecular complexity index is 746. The van der Waals surface area contributed by atoms with Gasteiger partial charge in [-0.1, -0.05) is 19.8 Å². The summed E-state index contributed by atoms with van der Waals surface area (Å²) in [5, 5.41) is 2.92. The van der Waals surface area contributed by atoms with Crippen molar-refractivity contribution in [1.29, 1.82) is 0 Å². The number of carbonyl (C=O) groups is 1. The lowest BCUT2D eigenvalue weighted by Crippen LogP contribution is -2.51. The molecule has 0 unspecified atom stereocenters. The highest BCUT2D eigenvalue weighted by Gasteiger charge is 2.31. The molecule has 1 fully saturated rings. The van der Waals surface area contributed by atoms with E-state index in [0.717, 1.165) is 19.3 Å². The summed E-state index contributed by atoms with van der Waals surface area (Å²) in [5.41, 5.74) is 0. The van der Waals surface area contributed by atoms with Crippen LogP contribution in [0.5, 0.6) is 11.5 Å². The van der Waals surface area contributed by atoms with E-state index in [4.69, 9.17) is 9.47 Å². The van der Waals surface area contributed by atoms with Crippen molar-refractivity contribution in [3.05, 3.63) is 18.2 Å². The number of piperazine rings is 1. The van der Waals surface area contributed by atoms with E-state index in [0.29, 0.717) is 45.0 Å². The van der Waals surface area contributed by atoms with Crippen LogP contribution in [0.1, 0.15) is 26.2 Å². The predicted octanol–water partition coefficient (Wildman–Crippen LogP) is 1.32. The fraction of sp³-hybridized carbons (Fsp3) is 0.632. The second-order valence-corrected chi connectivity index (χ2v) is 8.66. The molecule has 1 aliphatic heterocycles. The van der Waals surface area contributed by atoms with Crippen molar-refractivity contribution in [3.63, 3.8) is 0 Å². The maximum atomic E-state index is 13.1. The standard InChI is InChI=1S/C19H31N3O5S/c1-4-5-6-9-20-19(23)15-21-10-12-22(13-11-21)28(24,25)18-14-16(26-2)7-8-17(18)27-3/h7-8,14H,4-6,9-13,15H2,1-3H3,(H,20,23). The lowest BCUT2D eigenvalue weighted by Gasteiger charge is -2.33. The van der Waals surface area contributed by atoms with Crippen molar-refractivity contribution in [3.8, 4) is 11.5 Å². The van der Waals surface area contributed by atoms with Crippen molar-refractivity contribution in [2.24, 2.45) is 0 Å². The van der Waals surface area contributed by atoms with Gasteiger partial charge in [0.25, 0.3) is 0 Å². The first kappa shape index (κ1) is 22.4. The van der Waals surface area contributed by atoms with Crippen molar-refractivity contribution in [1.82, 2.24) is 14.5 Å². The summed E-state index contributed by atoms with van der Waals surface area (Å²) < 4.78 is 37.9. The summed E-state index contributed by atoms with van der Waals surface area (Å²) in [4.78, 5) is 14.1. The minimum absolute atomic E-state index is 0.0122. The molecule has 1 aromatic rings. The SMILES string of the molecule is CCCCCNC(=O)CN1CCN(S(=O)(=O)c2cc(OC)ccc2OC)CC1. The minimum atomic E-state index is -3.71. The highest BCUT2D eigenvalue weighted by atomic mass is 32.2. The maximum Gasteiger partial charge on any atom is 0.246 e. The predicted molar refractivity (Wildman–Crippen MR) is 107 cm³/mol. The van der Waals surface area contributed by atoms with Crippen molar-refractivity contribution >= 4 is 15.9 Å². The van der Waals surface area contributed by atoms with E-state index in [1.807, 2.05) is 4.90 Å². The first-order chi connectivity index (χ1) is 13.4. The number of rotatable bonds is 10. The van der Waals surface area contributed by atoms with Gasteiger partial charge in [0.1, 0.15) is 16.4 Å². The van der Waals surface area contributed by atoms with Crippen LogP contribution in [0.25, 0.3) is 0 Å². The minimum Gasteiger partial charge on any atom is -0.497 e. The number of nitrogens with one attached hydrogen (secondary N) is 1. The molecular formula is C19H31N3O5S. The molecule has 1 saturated heterocycles. The Hall–Kier alpha value is -1.84. The van der Waals surface area contributed by atoms with Crippen LogP contribution < -0.4 is 14.8 Å². The number of sulfonamides is 1. The first-order valence-corrected chi connectivity index (χ1v) is 11.1. The molecule has 1 amide bonds. The van der Waals surface area contributed by atoms with E-state index >= 15 is 0 Å². The molecule has 9 heteroatoms. The van der Waals surface area contributed by atoms with Gasteiger partial charge in [-0.05, 0) is 18.6 Å². The third kappa shape index (κ3) is 5.83. The Kier molecular flexibility index (Phi) is 8.53. The fourth-order valence-electron chi connectivity index (χ4n) is 3.11. The van der Waals surface area contributed by atoms with Crippen molar-refractivity contribution in [2.75, 3.05) is 53.5 Å². The molecule has 0 spiro atoms. The number of carbonyl (C=O) groups excluding carboxylic acids is 1. The molecule has 0 radical (unpaired) electrons. The summed E-state index contributed by atoms with van der Waals surface area (Å²) in [6, 6.07) is 4.73. The number of nitrogens with zero attached hydrogens (tertiary/aromatic N) is 2. The molecule has 0 bridgehead atoms. The number of hydrogen-bond donors (Lipinski definition) is 1. The lowest BCUT2D eigenvalue weighted by molar-refractivity contribution is -0.122. The van der Waals surface area contributed by atoms with Crippen molar-refractivity contribution in [2.45, 2.75) is 31.1 Å². The lowest BCUT2D eigenvalue weighted by atomic mass is 10.2. The average molecular weight is 414 g/mol. The summed E-state index contributed by atoms with van der Waals surface area (Å²) in [5.74, 6) is 0.731. The molecule has 158 valence electrons. The van der Waals surface area contributed by atoms with Gasteiger partial charge in [0.15, 0.2) is 0 Å². The van der Waals surface area contributed by atoms with Gasteiger partial charge in [-0.3, -0.25) is 9.69 Å². The van der Waals surface area contributed by atoms with Crippen molar-refractivity contribution < 1.29 is 22.7 Å². The zero-order valence-electron chi connectivity index (χ0n) is 16.9. The molecule has 0 atom stereocenters. The molecule has 1 aromatic carbocycles. The highest BCUT2D eigenvalue weighted by Crippen LogP contribution is 2.31. The van der Waals surface area contributed by atoms with E-state index in [2.05, 4.69) is 12.2 Å². The average Bonchev–Trinajstić information content (AvgIpc) is 2.71. The number of hydrogen-bond acceptors (Lipinski definition) is 6. The van der Waals surface area contributed by atoms with Gasteiger partial charge in [0, 0.05) is 38.8 Å². The monoisotopic (exact) mass is 413 g/mol. The molecule has 1 heterocycles. The van der Waals surface area contributed by atoms with Gasteiger partial charge in [-0.25, -0.2) is 8.42 Å². The van der Waals surface area contributed by atoms with Gasteiger partial charge in [-0.15, -0.1) is 0 Å². The van der Waals surface area contributed by atoms with Crippen LogP contribution in [-0.4, -0.2) is 77.0 Å². The summed E-state index contributed by atoms with van der Waals surface area (Å²) in [6.07, 6.45) is 3.20. The zero-order chi connectivity index (χ0) is 20.6. The van der Waals surface area contributed by atoms with E-state index in [1.54, 1.807) is 12.1 Å². The van der Waals surface area contributed by atoms with Crippen LogP contribution in [0.4, 0.5) is 0 Å². The highest BCUT2D eigenvalue weighted by molar-refractivity contribution is 7.89. The van der Waals surface area contributed by atoms with E-state index in [9.17, 15) is 13.2 Å². The van der Waals surface area contributed by atoms with E-state index in [1.165, 1.54) is 24.6 Å². The Morgan fingerprint density at radius 1 is 1.11 bits per heavy atom. The number of ether oxygens (including phenoxy) is 2. The quantitative estimate of drug-likeness (QED) is 0.582. The van der Waals surface area contributed by atoms with E-state index in [-0.39, 0.29) is 16.6 Å². The number of benzene rings is 1. The topological polar surface area (TPSA) is 88.2 Å². The summed E-state index contributed by atoms with van der Waals surface area (Å²) >= 11 is 0. The number of unbranched alkanes of at least 4 members (excludes halogenated alkanes) is 2. The van der Waals surface area contributed by atoms with E-state index < -0.39 is 10.0 Å². The molecule has 28 heavy (non-hydrogen) atoms. The molecule has 0 aromatic heterocycles. The van der Waals surface area contributed by atoms with Gasteiger partial charge in [-0.2, -0.15) is 4.31 Å². The summed E-state index contributed by atoms with van der Waals surface area (Å²) in [7, 11) is -0.776. The second-order valence-electron chi connectivity index (χ2n) is 6.75. The van der Waals surface area contributed by atoms with Crippen LogP contribution in [0.2, 0.25) is 0 Å². The molecule has 2 rings (SSSR count). The Morgan fingerprint density at radius 2 is 1.82 bits per heavy atom. The van der Waals surface area contributed by atoms with Crippen LogP contribution in [0.15, 0.2) is 23.1 Å². The molecular weight excluding hydrogens is 382 g/mol. The van der Waals surface area contributed by atoms with Crippen LogP contribution in [0, 0.1) is 0 Å². The number of amides is 1. The van der Waals surface area contributed by atoms with Gasteiger partial charge < -0.3 is 14.8 Å². The largest absolute Gasteiger partial charge is 0.497 e. The second kappa shape index (κ2) is 10.6. The number of methoxy groups -OCH3 is 2. The zero-order valence-corrected chi connectivity index (χ0v) is 17.8. The molecule has 1 aliphatic rings. The maximum absolute atomic E-state index is 13.1. The van der Waals surface area contributed by atoms with Gasteiger partial charge in [0.05, 0.1) is 20.8 Å². The Labute approximate surface area is 167 Å². The Balaban J connectivity index is 1.94.